The van der Waals surface area contributed by atoms with Crippen molar-refractivity contribution in [1.29, 1.82) is 0 Å². The van der Waals surface area contributed by atoms with E-state index in [1.165, 1.54) is 0 Å². The second-order valence-corrected chi connectivity index (χ2v) is 5.12. The second-order valence-electron chi connectivity index (χ2n) is 5.12. The number of carbonyl (C=O) groups excluding carboxylic acids is 1. The Bertz CT molecular complexity index is 262. The van der Waals surface area contributed by atoms with E-state index in [4.69, 9.17) is 0 Å². The van der Waals surface area contributed by atoms with Gasteiger partial charge in [-0.15, -0.1) is 0 Å². The smallest absolute Gasteiger partial charge is 0.226 e. The average Bonchev–Trinajstić information content (AvgIpc) is 3.06. The zero-order chi connectivity index (χ0) is 9.76. The molecule has 3 heteroatoms. The molecule has 3 rings (SSSR count). The highest BCUT2D eigenvalue weighted by Gasteiger charge is 2.56. The van der Waals surface area contributed by atoms with Gasteiger partial charge in [-0.3, -0.25) is 4.79 Å². The van der Waals surface area contributed by atoms with Crippen LogP contribution < -0.4 is 10.6 Å². The first-order valence-corrected chi connectivity index (χ1v) is 5.78. The predicted octanol–water partition coefficient (Wildman–Crippen LogP) is 0.511. The summed E-state index contributed by atoms with van der Waals surface area (Å²) in [6.07, 6.45) is 3.23. The minimum atomic E-state index is 0.0459. The van der Waals surface area contributed by atoms with Crippen LogP contribution in [0.25, 0.3) is 0 Å². The molecule has 1 saturated heterocycles. The van der Waals surface area contributed by atoms with Crippen molar-refractivity contribution in [2.45, 2.75) is 32.2 Å². The number of fused-ring (bicyclic) bond motifs is 1. The van der Waals surface area contributed by atoms with E-state index in [2.05, 4.69) is 17.6 Å². The van der Waals surface area contributed by atoms with Crippen molar-refractivity contribution >= 4 is 5.91 Å². The van der Waals surface area contributed by atoms with Gasteiger partial charge in [0, 0.05) is 24.5 Å². The van der Waals surface area contributed by atoms with Crippen LogP contribution in [0.3, 0.4) is 0 Å². The third kappa shape index (κ3) is 1.11. The Kier molecular flexibility index (Phi) is 1.69. The van der Waals surface area contributed by atoms with Crippen molar-refractivity contribution in [1.82, 2.24) is 10.6 Å². The maximum atomic E-state index is 11.9. The van der Waals surface area contributed by atoms with Crippen LogP contribution in [0.1, 0.15) is 26.2 Å². The molecule has 2 aliphatic carbocycles. The number of nitrogens with one attached hydrogen (secondary N) is 2. The van der Waals surface area contributed by atoms with Crippen molar-refractivity contribution in [3.63, 3.8) is 0 Å². The monoisotopic (exact) mass is 194 g/mol. The van der Waals surface area contributed by atoms with Gasteiger partial charge in [0.05, 0.1) is 0 Å². The highest BCUT2D eigenvalue weighted by Crippen LogP contribution is 2.50. The van der Waals surface area contributed by atoms with Gasteiger partial charge in [-0.1, -0.05) is 6.92 Å². The number of hydrogen-bond acceptors (Lipinski definition) is 2. The van der Waals surface area contributed by atoms with E-state index in [-0.39, 0.29) is 5.41 Å². The molecule has 0 aromatic carbocycles. The first kappa shape index (κ1) is 8.72. The highest BCUT2D eigenvalue weighted by atomic mass is 16.2. The number of piperidine rings is 1. The summed E-state index contributed by atoms with van der Waals surface area (Å²) in [5.74, 6) is 1.82. The van der Waals surface area contributed by atoms with E-state index in [0.29, 0.717) is 11.9 Å². The van der Waals surface area contributed by atoms with Gasteiger partial charge < -0.3 is 10.6 Å². The quantitative estimate of drug-likeness (QED) is 0.687. The molecule has 0 spiro atoms. The summed E-state index contributed by atoms with van der Waals surface area (Å²) < 4.78 is 0. The molecule has 2 N–H and O–H groups in total. The van der Waals surface area contributed by atoms with Gasteiger partial charge in [0.1, 0.15) is 0 Å². The lowest BCUT2D eigenvalue weighted by atomic mass is 10.0. The van der Waals surface area contributed by atoms with Crippen molar-refractivity contribution in [2.75, 3.05) is 13.1 Å². The summed E-state index contributed by atoms with van der Waals surface area (Å²) in [6, 6.07) is 0.507. The van der Waals surface area contributed by atoms with Crippen LogP contribution in [0.4, 0.5) is 0 Å². The SMILES string of the molecule is CCC1(C(=O)NC2[C@H]3CNC[C@@H]23)CC1. The maximum Gasteiger partial charge on any atom is 0.226 e. The largest absolute Gasteiger partial charge is 0.352 e. The molecule has 0 aromatic heterocycles. The van der Waals surface area contributed by atoms with E-state index in [1.54, 1.807) is 0 Å². The molecule has 1 heterocycles. The normalized spacial score (nSPS) is 41.6. The minimum absolute atomic E-state index is 0.0459. The second kappa shape index (κ2) is 2.72. The molecule has 2 saturated carbocycles. The molecule has 0 aromatic rings. The first-order chi connectivity index (χ1) is 6.77. The van der Waals surface area contributed by atoms with Gasteiger partial charge in [-0.05, 0) is 31.1 Å². The fourth-order valence-electron chi connectivity index (χ4n) is 2.83. The Morgan fingerprint density at radius 1 is 1.43 bits per heavy atom. The number of rotatable bonds is 3. The lowest BCUT2D eigenvalue weighted by molar-refractivity contribution is -0.126. The molecule has 0 bridgehead atoms. The number of carbonyl (C=O) groups is 1. The predicted molar refractivity (Wildman–Crippen MR) is 53.7 cm³/mol. The Morgan fingerprint density at radius 2 is 2.07 bits per heavy atom. The van der Waals surface area contributed by atoms with E-state index in [9.17, 15) is 4.79 Å². The fraction of sp³-hybridized carbons (Fsp3) is 0.909. The summed E-state index contributed by atoms with van der Waals surface area (Å²) in [7, 11) is 0. The van der Waals surface area contributed by atoms with E-state index in [0.717, 1.165) is 44.2 Å². The van der Waals surface area contributed by atoms with Crippen molar-refractivity contribution in [3.05, 3.63) is 0 Å². The Labute approximate surface area is 84.6 Å². The molecule has 0 radical (unpaired) electrons. The number of hydrogen-bond donors (Lipinski definition) is 2. The van der Waals surface area contributed by atoms with Crippen LogP contribution in [0.5, 0.6) is 0 Å². The topological polar surface area (TPSA) is 41.1 Å². The average molecular weight is 194 g/mol. The molecular weight excluding hydrogens is 176 g/mol. The van der Waals surface area contributed by atoms with Crippen molar-refractivity contribution in [2.24, 2.45) is 17.3 Å². The molecule has 3 fully saturated rings. The lowest BCUT2D eigenvalue weighted by Gasteiger charge is -2.14. The zero-order valence-corrected chi connectivity index (χ0v) is 8.68. The van der Waals surface area contributed by atoms with Crippen molar-refractivity contribution < 1.29 is 4.79 Å². The molecule has 1 unspecified atom stereocenters. The molecule has 3 nitrogen and oxygen atoms in total. The summed E-state index contributed by atoms with van der Waals surface area (Å²) in [6.45, 7) is 4.34. The molecule has 1 amide bonds. The van der Waals surface area contributed by atoms with E-state index in [1.807, 2.05) is 0 Å². The Morgan fingerprint density at radius 3 is 2.57 bits per heavy atom. The third-order valence-electron chi connectivity index (χ3n) is 4.40. The summed E-state index contributed by atoms with van der Waals surface area (Å²) in [4.78, 5) is 11.9. The zero-order valence-electron chi connectivity index (χ0n) is 8.68. The van der Waals surface area contributed by atoms with Crippen LogP contribution in [0.2, 0.25) is 0 Å². The maximum absolute atomic E-state index is 11.9. The lowest BCUT2D eigenvalue weighted by Crippen LogP contribution is -2.37. The van der Waals surface area contributed by atoms with Crippen LogP contribution in [-0.4, -0.2) is 25.0 Å². The summed E-state index contributed by atoms with van der Waals surface area (Å²) >= 11 is 0. The van der Waals surface area contributed by atoms with Gasteiger partial charge >= 0.3 is 0 Å². The van der Waals surface area contributed by atoms with Crippen LogP contribution in [0, 0.1) is 17.3 Å². The first-order valence-electron chi connectivity index (χ1n) is 5.78. The van der Waals surface area contributed by atoms with Gasteiger partial charge in [0.2, 0.25) is 5.91 Å². The Balaban J connectivity index is 1.56. The number of amides is 1. The van der Waals surface area contributed by atoms with E-state index >= 15 is 0 Å². The molecule has 1 aliphatic heterocycles. The van der Waals surface area contributed by atoms with Gasteiger partial charge in [-0.2, -0.15) is 0 Å². The van der Waals surface area contributed by atoms with Gasteiger partial charge in [0.25, 0.3) is 0 Å². The summed E-state index contributed by atoms with van der Waals surface area (Å²) in [5, 5.41) is 6.57. The van der Waals surface area contributed by atoms with Crippen LogP contribution >= 0.6 is 0 Å². The van der Waals surface area contributed by atoms with Gasteiger partial charge in [0.15, 0.2) is 0 Å². The standard InChI is InChI=1S/C11H18N2O/c1-2-11(3-4-11)10(14)13-9-7-5-12-6-8(7)9/h7-9,12H,2-6H2,1H3,(H,13,14)/t7-,8+,9?. The highest BCUT2D eigenvalue weighted by molar-refractivity contribution is 5.85. The fourth-order valence-corrected chi connectivity index (χ4v) is 2.83. The molecule has 14 heavy (non-hydrogen) atoms. The van der Waals surface area contributed by atoms with Crippen LogP contribution in [-0.2, 0) is 4.79 Å². The molecule has 78 valence electrons. The minimum Gasteiger partial charge on any atom is -0.352 e. The Hall–Kier alpha value is -0.570. The van der Waals surface area contributed by atoms with E-state index < -0.39 is 0 Å². The van der Waals surface area contributed by atoms with Crippen LogP contribution in [0.15, 0.2) is 0 Å². The van der Waals surface area contributed by atoms with Gasteiger partial charge in [-0.25, -0.2) is 0 Å². The third-order valence-corrected chi connectivity index (χ3v) is 4.40. The summed E-state index contributed by atoms with van der Waals surface area (Å²) in [5.41, 5.74) is 0.0459. The van der Waals surface area contributed by atoms with Crippen molar-refractivity contribution in [3.8, 4) is 0 Å². The molecule has 3 atom stereocenters. The molecule has 3 aliphatic rings. The molecular formula is C11H18N2O.